The summed E-state index contributed by atoms with van der Waals surface area (Å²) in [6.07, 6.45) is 2.78. The number of aryl methyl sites for hydroxylation is 1. The molecular weight excluding hydrogens is 380 g/mol. The van der Waals surface area contributed by atoms with Gasteiger partial charge < -0.3 is 20.6 Å². The molecule has 1 amide bonds. The van der Waals surface area contributed by atoms with E-state index >= 15 is 0 Å². The zero-order chi connectivity index (χ0) is 22.1. The molecule has 0 unspecified atom stereocenters. The first-order valence-corrected chi connectivity index (χ1v) is 10.4. The molecule has 0 aliphatic heterocycles. The molecule has 164 valence electrons. The molecule has 0 aliphatic carbocycles. The van der Waals surface area contributed by atoms with Gasteiger partial charge in [-0.1, -0.05) is 19.9 Å². The summed E-state index contributed by atoms with van der Waals surface area (Å²) in [5.74, 6) is 1.08. The number of nitrogens with zero attached hydrogens (tertiary/aromatic N) is 4. The van der Waals surface area contributed by atoms with Crippen LogP contribution < -0.4 is 10.6 Å². The predicted octanol–water partition coefficient (Wildman–Crippen LogP) is 2.47. The fraction of sp³-hybridized carbons (Fsp3) is 0.500. The number of guanidine groups is 1. The minimum atomic E-state index is -0.198. The molecule has 8 heteroatoms. The molecule has 0 saturated carbocycles. The summed E-state index contributed by atoms with van der Waals surface area (Å²) in [6.45, 7) is 8.95. The van der Waals surface area contributed by atoms with Gasteiger partial charge in [0, 0.05) is 57.6 Å². The van der Waals surface area contributed by atoms with E-state index < -0.39 is 0 Å². The average molecular weight is 415 g/mol. The third kappa shape index (κ3) is 6.79. The number of phenolic OH excluding ortho intramolecular Hbond substituents is 1. The lowest BCUT2D eigenvalue weighted by Crippen LogP contribution is -2.38. The van der Waals surface area contributed by atoms with E-state index in [1.54, 1.807) is 18.2 Å². The number of rotatable bonds is 9. The summed E-state index contributed by atoms with van der Waals surface area (Å²) in [7, 11) is 3.96. The molecule has 0 saturated heterocycles. The van der Waals surface area contributed by atoms with Gasteiger partial charge in [0.2, 0.25) is 0 Å². The van der Waals surface area contributed by atoms with Gasteiger partial charge in [0.15, 0.2) is 5.96 Å². The molecule has 0 spiro atoms. The third-order valence-corrected chi connectivity index (χ3v) is 4.58. The fourth-order valence-corrected chi connectivity index (χ4v) is 3.18. The normalized spacial score (nSPS) is 11.6. The van der Waals surface area contributed by atoms with Crippen molar-refractivity contribution in [3.8, 4) is 5.75 Å². The van der Waals surface area contributed by atoms with Crippen molar-refractivity contribution >= 4 is 11.9 Å². The molecule has 1 heterocycles. The molecule has 3 N–H and O–H groups in total. The number of aromatic nitrogens is 2. The first-order chi connectivity index (χ1) is 14.3. The van der Waals surface area contributed by atoms with Gasteiger partial charge in [-0.2, -0.15) is 5.10 Å². The summed E-state index contributed by atoms with van der Waals surface area (Å²) >= 11 is 0. The quantitative estimate of drug-likeness (QED) is 0.333. The van der Waals surface area contributed by atoms with Crippen LogP contribution in [0.1, 0.15) is 54.7 Å². The van der Waals surface area contributed by atoms with Crippen LogP contribution in [0.2, 0.25) is 0 Å². The summed E-state index contributed by atoms with van der Waals surface area (Å²) in [4.78, 5) is 18.9. The second kappa shape index (κ2) is 11.2. The smallest absolute Gasteiger partial charge is 0.251 e. The van der Waals surface area contributed by atoms with Crippen LogP contribution in [0, 0.1) is 0 Å². The van der Waals surface area contributed by atoms with Gasteiger partial charge in [-0.3, -0.25) is 14.5 Å². The second-order valence-electron chi connectivity index (χ2n) is 7.62. The second-order valence-corrected chi connectivity index (χ2v) is 7.62. The van der Waals surface area contributed by atoms with Gasteiger partial charge in [-0.25, -0.2) is 0 Å². The van der Waals surface area contributed by atoms with Crippen LogP contribution in [-0.2, 0) is 13.6 Å². The van der Waals surface area contributed by atoms with Crippen LogP contribution in [0.5, 0.6) is 5.75 Å². The summed E-state index contributed by atoms with van der Waals surface area (Å²) < 4.78 is 1.86. The molecule has 0 fully saturated rings. The summed E-state index contributed by atoms with van der Waals surface area (Å²) in [6, 6.07) is 6.32. The van der Waals surface area contributed by atoms with Gasteiger partial charge in [0.05, 0.1) is 5.69 Å². The number of phenols is 1. The maximum absolute atomic E-state index is 12.1. The van der Waals surface area contributed by atoms with Crippen LogP contribution in [0.4, 0.5) is 0 Å². The Balaban J connectivity index is 1.88. The van der Waals surface area contributed by atoms with E-state index in [0.717, 1.165) is 31.2 Å². The number of aromatic hydroxyl groups is 1. The van der Waals surface area contributed by atoms with Crippen LogP contribution >= 0.6 is 0 Å². The number of carbonyl (C=O) groups excluding carboxylic acids is 1. The molecule has 1 aromatic heterocycles. The van der Waals surface area contributed by atoms with Crippen molar-refractivity contribution in [3.05, 3.63) is 47.3 Å². The monoisotopic (exact) mass is 414 g/mol. The molecule has 0 bridgehead atoms. The number of amides is 1. The SMILES string of the molecule is CCNC(=NCCCNC(=O)c1cccc(O)c1)N(C)Cc1cn(C)nc1C(C)C. The Labute approximate surface area is 179 Å². The molecule has 30 heavy (non-hydrogen) atoms. The summed E-state index contributed by atoms with van der Waals surface area (Å²) in [5, 5.41) is 20.2. The molecule has 0 radical (unpaired) electrons. The van der Waals surface area contributed by atoms with Crippen LogP contribution in [0.3, 0.4) is 0 Å². The summed E-state index contributed by atoms with van der Waals surface area (Å²) in [5.41, 5.74) is 2.75. The van der Waals surface area contributed by atoms with Gasteiger partial charge in [0.25, 0.3) is 5.91 Å². The highest BCUT2D eigenvalue weighted by Crippen LogP contribution is 2.18. The van der Waals surface area contributed by atoms with Crippen LogP contribution in [0.25, 0.3) is 0 Å². The van der Waals surface area contributed by atoms with Crippen molar-refractivity contribution in [1.82, 2.24) is 25.3 Å². The zero-order valence-corrected chi connectivity index (χ0v) is 18.6. The first-order valence-electron chi connectivity index (χ1n) is 10.4. The molecule has 8 nitrogen and oxygen atoms in total. The van der Waals surface area contributed by atoms with Crippen molar-refractivity contribution in [2.75, 3.05) is 26.7 Å². The minimum absolute atomic E-state index is 0.0832. The number of nitrogens with one attached hydrogen (secondary N) is 2. The highest BCUT2D eigenvalue weighted by molar-refractivity contribution is 5.94. The Kier molecular flexibility index (Phi) is 8.70. The minimum Gasteiger partial charge on any atom is -0.508 e. The fourth-order valence-electron chi connectivity index (χ4n) is 3.18. The Morgan fingerprint density at radius 1 is 1.33 bits per heavy atom. The van der Waals surface area contributed by atoms with Crippen LogP contribution in [-0.4, -0.2) is 58.3 Å². The highest BCUT2D eigenvalue weighted by atomic mass is 16.3. The number of aliphatic imine (C=N–C) groups is 1. The topological polar surface area (TPSA) is 94.8 Å². The van der Waals surface area contributed by atoms with E-state index in [-0.39, 0.29) is 11.7 Å². The number of hydrogen-bond acceptors (Lipinski definition) is 4. The average Bonchev–Trinajstić information content (AvgIpc) is 3.07. The van der Waals surface area contributed by atoms with Gasteiger partial charge >= 0.3 is 0 Å². The van der Waals surface area contributed by atoms with Crippen molar-refractivity contribution in [2.45, 2.75) is 39.7 Å². The van der Waals surface area contributed by atoms with Crippen molar-refractivity contribution < 1.29 is 9.90 Å². The Morgan fingerprint density at radius 2 is 2.10 bits per heavy atom. The molecule has 2 aromatic rings. The van der Waals surface area contributed by atoms with E-state index in [4.69, 9.17) is 0 Å². The molecule has 0 atom stereocenters. The molecule has 0 aliphatic rings. The van der Waals surface area contributed by atoms with E-state index in [1.807, 2.05) is 25.7 Å². The number of carbonyl (C=O) groups is 1. The Bertz CT molecular complexity index is 859. The number of hydrogen-bond donors (Lipinski definition) is 3. The van der Waals surface area contributed by atoms with E-state index in [9.17, 15) is 9.90 Å². The lowest BCUT2D eigenvalue weighted by Gasteiger charge is -2.22. The van der Waals surface area contributed by atoms with Crippen molar-refractivity contribution in [2.24, 2.45) is 12.0 Å². The third-order valence-electron chi connectivity index (χ3n) is 4.58. The molecular formula is C22H34N6O2. The maximum atomic E-state index is 12.1. The lowest BCUT2D eigenvalue weighted by molar-refractivity contribution is 0.0953. The lowest BCUT2D eigenvalue weighted by atomic mass is 10.1. The van der Waals surface area contributed by atoms with Gasteiger partial charge in [-0.05, 0) is 37.5 Å². The number of benzene rings is 1. The Hall–Kier alpha value is -3.03. The molecule has 2 rings (SSSR count). The van der Waals surface area contributed by atoms with E-state index in [2.05, 4.69) is 45.7 Å². The van der Waals surface area contributed by atoms with E-state index in [0.29, 0.717) is 24.6 Å². The predicted molar refractivity (Wildman–Crippen MR) is 120 cm³/mol. The van der Waals surface area contributed by atoms with Gasteiger partial charge in [-0.15, -0.1) is 0 Å². The zero-order valence-electron chi connectivity index (χ0n) is 18.6. The standard InChI is InChI=1S/C22H34N6O2/c1-6-23-22(27(4)14-18-15-28(5)26-20(18)16(2)3)25-12-8-11-24-21(30)17-9-7-10-19(29)13-17/h7,9-10,13,15-16,29H,6,8,11-12,14H2,1-5H3,(H,23,25)(H,24,30). The Morgan fingerprint density at radius 3 is 2.77 bits per heavy atom. The van der Waals surface area contributed by atoms with Crippen molar-refractivity contribution in [1.29, 1.82) is 0 Å². The largest absolute Gasteiger partial charge is 0.508 e. The van der Waals surface area contributed by atoms with Gasteiger partial charge in [0.1, 0.15) is 5.75 Å². The van der Waals surface area contributed by atoms with Crippen molar-refractivity contribution in [3.63, 3.8) is 0 Å². The molecule has 1 aromatic carbocycles. The highest BCUT2D eigenvalue weighted by Gasteiger charge is 2.15. The first kappa shape index (κ1) is 23.3. The van der Waals surface area contributed by atoms with Crippen LogP contribution in [0.15, 0.2) is 35.5 Å². The van der Waals surface area contributed by atoms with E-state index in [1.165, 1.54) is 11.6 Å². The maximum Gasteiger partial charge on any atom is 0.251 e.